The van der Waals surface area contributed by atoms with Gasteiger partial charge in [0.25, 0.3) is 0 Å². The predicted octanol–water partition coefficient (Wildman–Crippen LogP) is 2.58. The van der Waals surface area contributed by atoms with Gasteiger partial charge >= 0.3 is 0 Å². The first kappa shape index (κ1) is 14.0. The highest BCUT2D eigenvalue weighted by Crippen LogP contribution is 2.21. The molecule has 102 valence electrons. The van der Waals surface area contributed by atoms with E-state index in [1.807, 2.05) is 18.4 Å². The molecule has 1 aromatic heterocycles. The summed E-state index contributed by atoms with van der Waals surface area (Å²) in [5.41, 5.74) is 3.04. The van der Waals surface area contributed by atoms with Crippen LogP contribution in [0.5, 0.6) is 0 Å². The van der Waals surface area contributed by atoms with Crippen molar-refractivity contribution in [3.05, 3.63) is 46.2 Å². The van der Waals surface area contributed by atoms with Gasteiger partial charge in [0.05, 0.1) is 4.90 Å². The van der Waals surface area contributed by atoms with E-state index in [0.29, 0.717) is 6.54 Å². The highest BCUT2D eigenvalue weighted by atomic mass is 32.2. The molecule has 4 nitrogen and oxygen atoms in total. The minimum Gasteiger partial charge on any atom is -0.381 e. The molecule has 0 atom stereocenters. The fraction of sp³-hybridized carbons (Fsp3) is 0.231. The number of sulfonamides is 1. The van der Waals surface area contributed by atoms with E-state index in [2.05, 4.69) is 15.4 Å². The van der Waals surface area contributed by atoms with Crippen LogP contribution in [0.1, 0.15) is 11.1 Å². The Bertz CT molecular complexity index is 649. The van der Waals surface area contributed by atoms with E-state index in [1.54, 1.807) is 29.5 Å². The molecule has 2 aromatic rings. The lowest BCUT2D eigenvalue weighted by Crippen LogP contribution is -2.18. The zero-order valence-corrected chi connectivity index (χ0v) is 12.4. The number of hydrogen-bond donors (Lipinski definition) is 2. The molecule has 0 amide bonds. The molecule has 0 aliphatic carbocycles. The highest BCUT2D eigenvalue weighted by molar-refractivity contribution is 7.89. The summed E-state index contributed by atoms with van der Waals surface area (Å²) in [5, 5.41) is 7.35. The fourth-order valence-electron chi connectivity index (χ4n) is 1.67. The van der Waals surface area contributed by atoms with Crippen molar-refractivity contribution < 1.29 is 8.42 Å². The van der Waals surface area contributed by atoms with Crippen molar-refractivity contribution in [3.8, 4) is 0 Å². The molecule has 2 N–H and O–H groups in total. The average Bonchev–Trinajstić information content (AvgIpc) is 2.90. The molecule has 19 heavy (non-hydrogen) atoms. The van der Waals surface area contributed by atoms with Crippen molar-refractivity contribution in [2.24, 2.45) is 0 Å². The summed E-state index contributed by atoms with van der Waals surface area (Å²) in [6.45, 7) is 2.64. The minimum absolute atomic E-state index is 0.272. The van der Waals surface area contributed by atoms with Crippen molar-refractivity contribution in [1.82, 2.24) is 4.72 Å². The second kappa shape index (κ2) is 5.73. The molecule has 1 heterocycles. The Morgan fingerprint density at radius 3 is 2.68 bits per heavy atom. The van der Waals surface area contributed by atoms with Gasteiger partial charge in [-0.2, -0.15) is 11.3 Å². The summed E-state index contributed by atoms with van der Waals surface area (Å²) < 4.78 is 25.8. The number of hydrogen-bond acceptors (Lipinski definition) is 4. The first-order valence-electron chi connectivity index (χ1n) is 5.82. The van der Waals surface area contributed by atoms with Gasteiger partial charge in [-0.15, -0.1) is 0 Å². The van der Waals surface area contributed by atoms with Crippen LogP contribution in [0.2, 0.25) is 0 Å². The monoisotopic (exact) mass is 296 g/mol. The number of anilines is 1. The van der Waals surface area contributed by atoms with Crippen LogP contribution in [0.4, 0.5) is 5.69 Å². The van der Waals surface area contributed by atoms with Crippen LogP contribution in [-0.4, -0.2) is 15.5 Å². The molecule has 2 rings (SSSR count). The van der Waals surface area contributed by atoms with E-state index in [9.17, 15) is 8.42 Å². The van der Waals surface area contributed by atoms with Crippen LogP contribution >= 0.6 is 11.3 Å². The third kappa shape index (κ3) is 3.34. The van der Waals surface area contributed by atoms with Crippen LogP contribution in [0.15, 0.2) is 39.9 Å². The maximum atomic E-state index is 11.8. The predicted molar refractivity (Wildman–Crippen MR) is 79.1 cm³/mol. The molecule has 0 radical (unpaired) electrons. The number of aryl methyl sites for hydroxylation is 1. The van der Waals surface area contributed by atoms with Gasteiger partial charge in [-0.3, -0.25) is 0 Å². The Morgan fingerprint density at radius 1 is 1.26 bits per heavy atom. The fourth-order valence-corrected chi connectivity index (χ4v) is 3.09. The number of rotatable bonds is 5. The van der Waals surface area contributed by atoms with Gasteiger partial charge in [0, 0.05) is 12.2 Å². The number of thiophene rings is 1. The summed E-state index contributed by atoms with van der Waals surface area (Å²) in [7, 11) is -1.99. The summed E-state index contributed by atoms with van der Waals surface area (Å²) in [4.78, 5) is 0.272. The van der Waals surface area contributed by atoms with Gasteiger partial charge in [0.2, 0.25) is 10.0 Å². The van der Waals surface area contributed by atoms with Crippen LogP contribution in [0, 0.1) is 6.92 Å². The molecule has 0 spiro atoms. The molecule has 0 saturated heterocycles. The number of nitrogens with one attached hydrogen (secondary N) is 2. The summed E-state index contributed by atoms with van der Waals surface area (Å²) in [5.74, 6) is 0. The summed E-state index contributed by atoms with van der Waals surface area (Å²) >= 11 is 1.64. The van der Waals surface area contributed by atoms with E-state index in [-0.39, 0.29) is 4.90 Å². The van der Waals surface area contributed by atoms with Gasteiger partial charge in [0.15, 0.2) is 0 Å². The average molecular weight is 296 g/mol. The summed E-state index contributed by atoms with van der Waals surface area (Å²) in [6.07, 6.45) is 0. The molecule has 0 unspecified atom stereocenters. The topological polar surface area (TPSA) is 58.2 Å². The first-order valence-corrected chi connectivity index (χ1v) is 8.24. The zero-order valence-electron chi connectivity index (χ0n) is 10.8. The minimum atomic E-state index is -3.40. The van der Waals surface area contributed by atoms with Crippen molar-refractivity contribution >= 4 is 27.0 Å². The quantitative estimate of drug-likeness (QED) is 0.891. The molecule has 0 saturated carbocycles. The Hall–Kier alpha value is -1.37. The van der Waals surface area contributed by atoms with Crippen LogP contribution < -0.4 is 10.0 Å². The van der Waals surface area contributed by atoms with Gasteiger partial charge in [-0.05, 0) is 54.1 Å². The maximum absolute atomic E-state index is 11.8. The van der Waals surface area contributed by atoms with Crippen molar-refractivity contribution in [1.29, 1.82) is 0 Å². The molecular weight excluding hydrogens is 280 g/mol. The lowest BCUT2D eigenvalue weighted by atomic mass is 10.2. The second-order valence-electron chi connectivity index (χ2n) is 4.17. The molecular formula is C13H16N2O2S2. The SMILES string of the molecule is CNS(=O)(=O)c1ccc(C)c(NCc2ccsc2)c1. The van der Waals surface area contributed by atoms with E-state index in [4.69, 9.17) is 0 Å². The Balaban J connectivity index is 2.22. The standard InChI is InChI=1S/C13H16N2O2S2/c1-10-3-4-12(19(16,17)14-2)7-13(10)15-8-11-5-6-18-9-11/h3-7,9,14-15H,8H2,1-2H3. The van der Waals surface area contributed by atoms with E-state index in [1.165, 1.54) is 12.6 Å². The lowest BCUT2D eigenvalue weighted by Gasteiger charge is -2.11. The Labute approximate surface area is 117 Å². The van der Waals surface area contributed by atoms with Crippen LogP contribution in [0.25, 0.3) is 0 Å². The number of benzene rings is 1. The molecule has 0 aliphatic rings. The smallest absolute Gasteiger partial charge is 0.240 e. The van der Waals surface area contributed by atoms with Crippen LogP contribution in [0.3, 0.4) is 0 Å². The van der Waals surface area contributed by atoms with E-state index >= 15 is 0 Å². The third-order valence-electron chi connectivity index (χ3n) is 2.85. The van der Waals surface area contributed by atoms with E-state index < -0.39 is 10.0 Å². The second-order valence-corrected chi connectivity index (χ2v) is 6.84. The zero-order chi connectivity index (χ0) is 13.9. The van der Waals surface area contributed by atoms with Gasteiger partial charge < -0.3 is 5.32 Å². The van der Waals surface area contributed by atoms with Crippen molar-refractivity contribution in [2.45, 2.75) is 18.4 Å². The molecule has 0 aliphatic heterocycles. The van der Waals surface area contributed by atoms with E-state index in [0.717, 1.165) is 11.3 Å². The Morgan fingerprint density at radius 2 is 2.05 bits per heavy atom. The maximum Gasteiger partial charge on any atom is 0.240 e. The normalized spacial score (nSPS) is 11.5. The van der Waals surface area contributed by atoms with Crippen LogP contribution in [-0.2, 0) is 16.6 Å². The molecule has 0 fully saturated rings. The van der Waals surface area contributed by atoms with Gasteiger partial charge in [-0.1, -0.05) is 6.07 Å². The lowest BCUT2D eigenvalue weighted by molar-refractivity contribution is 0.588. The first-order chi connectivity index (χ1) is 9.03. The van der Waals surface area contributed by atoms with Gasteiger partial charge in [-0.25, -0.2) is 13.1 Å². The Kier molecular flexibility index (Phi) is 4.24. The molecule has 6 heteroatoms. The largest absolute Gasteiger partial charge is 0.381 e. The van der Waals surface area contributed by atoms with Gasteiger partial charge in [0.1, 0.15) is 0 Å². The van der Waals surface area contributed by atoms with Crippen molar-refractivity contribution in [3.63, 3.8) is 0 Å². The van der Waals surface area contributed by atoms with Crippen molar-refractivity contribution in [2.75, 3.05) is 12.4 Å². The molecule has 0 bridgehead atoms. The highest BCUT2D eigenvalue weighted by Gasteiger charge is 2.12. The molecule has 1 aromatic carbocycles. The third-order valence-corrected chi connectivity index (χ3v) is 5.00. The summed E-state index contributed by atoms with van der Waals surface area (Å²) in [6, 6.07) is 7.12.